The van der Waals surface area contributed by atoms with Crippen LogP contribution in [-0.2, 0) is 17.2 Å². The first kappa shape index (κ1) is 20.2. The van der Waals surface area contributed by atoms with E-state index < -0.39 is 5.41 Å². The van der Waals surface area contributed by atoms with Crippen LogP contribution in [0.1, 0.15) is 41.1 Å². The summed E-state index contributed by atoms with van der Waals surface area (Å²) in [4.78, 5) is 23.9. The van der Waals surface area contributed by atoms with Gasteiger partial charge in [0.25, 0.3) is 11.8 Å². The van der Waals surface area contributed by atoms with Crippen LogP contribution in [0.2, 0.25) is 0 Å². The summed E-state index contributed by atoms with van der Waals surface area (Å²) in [6, 6.07) is 3.71. The predicted molar refractivity (Wildman–Crippen MR) is 109 cm³/mol. The molecule has 0 spiro atoms. The minimum absolute atomic E-state index is 0.0157. The Morgan fingerprint density at radius 3 is 2.97 bits per heavy atom. The van der Waals surface area contributed by atoms with Gasteiger partial charge < -0.3 is 14.2 Å². The number of likely N-dealkylation sites (tertiary alicyclic amines) is 1. The normalized spacial score (nSPS) is 19.2. The van der Waals surface area contributed by atoms with Crippen molar-refractivity contribution in [2.45, 2.75) is 31.6 Å². The van der Waals surface area contributed by atoms with Gasteiger partial charge in [0, 0.05) is 52.4 Å². The molecule has 0 aliphatic carbocycles. The van der Waals surface area contributed by atoms with Crippen LogP contribution in [0, 0.1) is 6.92 Å². The van der Waals surface area contributed by atoms with Gasteiger partial charge in [0.2, 0.25) is 0 Å². The first-order valence-electron chi connectivity index (χ1n) is 10.1. The number of piperidine rings is 1. The number of aryl methyl sites for hydroxylation is 2. The Morgan fingerprint density at radius 1 is 1.40 bits per heavy atom. The van der Waals surface area contributed by atoms with E-state index in [1.807, 2.05) is 31.0 Å². The first-order valence-corrected chi connectivity index (χ1v) is 10.1. The second-order valence-corrected chi connectivity index (χ2v) is 7.82. The molecule has 1 saturated heterocycles. The molecule has 1 amide bonds. The zero-order valence-corrected chi connectivity index (χ0v) is 17.5. The molecule has 0 N–H and O–H groups in total. The number of carbonyl (C=O) groups is 1. The minimum atomic E-state index is -0.427. The van der Waals surface area contributed by atoms with Gasteiger partial charge in [0.1, 0.15) is 0 Å². The molecule has 1 aliphatic heterocycles. The van der Waals surface area contributed by atoms with Crippen molar-refractivity contribution < 1.29 is 14.1 Å². The van der Waals surface area contributed by atoms with Crippen molar-refractivity contribution in [1.29, 1.82) is 0 Å². The number of methoxy groups -OCH3 is 1. The molecule has 9 heteroatoms. The maximum absolute atomic E-state index is 13.2. The van der Waals surface area contributed by atoms with Crippen molar-refractivity contribution in [2.75, 3.05) is 26.8 Å². The number of aromatic nitrogens is 5. The summed E-state index contributed by atoms with van der Waals surface area (Å²) in [5.41, 5.74) is 1.70. The van der Waals surface area contributed by atoms with E-state index in [0.29, 0.717) is 43.4 Å². The highest BCUT2D eigenvalue weighted by atomic mass is 16.5. The SMILES string of the molecule is COCCC1(c2noc(-c3cccnc3)n2)CCCN(C(=O)c2cn(C)nc2C)C1. The van der Waals surface area contributed by atoms with Crippen molar-refractivity contribution in [2.24, 2.45) is 7.05 Å². The third-order valence-corrected chi connectivity index (χ3v) is 5.70. The molecule has 158 valence electrons. The Labute approximate surface area is 175 Å². The molecule has 9 nitrogen and oxygen atoms in total. The molecule has 4 heterocycles. The van der Waals surface area contributed by atoms with Crippen LogP contribution in [0.25, 0.3) is 11.5 Å². The average molecular weight is 410 g/mol. The van der Waals surface area contributed by atoms with E-state index in [1.54, 1.807) is 30.4 Å². The van der Waals surface area contributed by atoms with E-state index in [-0.39, 0.29) is 5.91 Å². The fourth-order valence-corrected chi connectivity index (χ4v) is 4.13. The van der Waals surface area contributed by atoms with Gasteiger partial charge in [0.15, 0.2) is 5.82 Å². The molecule has 0 radical (unpaired) electrons. The third-order valence-electron chi connectivity index (χ3n) is 5.70. The lowest BCUT2D eigenvalue weighted by Gasteiger charge is -2.40. The molecule has 1 unspecified atom stereocenters. The largest absolute Gasteiger partial charge is 0.385 e. The third kappa shape index (κ3) is 3.85. The fourth-order valence-electron chi connectivity index (χ4n) is 4.13. The Balaban J connectivity index is 1.64. The molecular formula is C21H26N6O3. The van der Waals surface area contributed by atoms with Gasteiger partial charge in [-0.1, -0.05) is 5.16 Å². The van der Waals surface area contributed by atoms with Gasteiger partial charge in [-0.2, -0.15) is 10.1 Å². The standard InChI is InChI=1S/C21H26N6O3/c1-15-17(13-26(2)24-15)19(28)27-10-5-7-21(14-27,8-11-29-3)20-23-18(30-25-20)16-6-4-9-22-12-16/h4,6,9,12-13H,5,7-8,10-11,14H2,1-3H3. The molecule has 0 bridgehead atoms. The number of pyridine rings is 1. The number of hydrogen-bond acceptors (Lipinski definition) is 7. The summed E-state index contributed by atoms with van der Waals surface area (Å²) < 4.78 is 12.6. The van der Waals surface area contributed by atoms with Gasteiger partial charge in [-0.25, -0.2) is 0 Å². The average Bonchev–Trinajstić information content (AvgIpc) is 3.39. The Bertz CT molecular complexity index is 1010. The minimum Gasteiger partial charge on any atom is -0.385 e. The molecule has 0 aromatic carbocycles. The van der Waals surface area contributed by atoms with E-state index >= 15 is 0 Å². The summed E-state index contributed by atoms with van der Waals surface area (Å²) >= 11 is 0. The molecule has 3 aromatic heterocycles. The van der Waals surface area contributed by atoms with Crippen molar-refractivity contribution in [3.05, 3.63) is 47.8 Å². The summed E-state index contributed by atoms with van der Waals surface area (Å²) in [5, 5.41) is 8.62. The summed E-state index contributed by atoms with van der Waals surface area (Å²) in [6.45, 7) is 3.60. The molecule has 4 rings (SSSR count). The zero-order valence-electron chi connectivity index (χ0n) is 17.5. The van der Waals surface area contributed by atoms with Gasteiger partial charge in [0.05, 0.1) is 22.2 Å². The van der Waals surface area contributed by atoms with E-state index in [1.165, 1.54) is 0 Å². The van der Waals surface area contributed by atoms with Crippen LogP contribution in [0.3, 0.4) is 0 Å². The van der Waals surface area contributed by atoms with Crippen molar-refractivity contribution >= 4 is 5.91 Å². The van der Waals surface area contributed by atoms with Gasteiger partial charge in [-0.05, 0) is 38.3 Å². The highest BCUT2D eigenvalue weighted by Crippen LogP contribution is 2.37. The molecule has 30 heavy (non-hydrogen) atoms. The van der Waals surface area contributed by atoms with Gasteiger partial charge in [-0.15, -0.1) is 0 Å². The number of amides is 1. The van der Waals surface area contributed by atoms with Crippen LogP contribution in [0.15, 0.2) is 35.2 Å². The lowest BCUT2D eigenvalue weighted by Crippen LogP contribution is -2.49. The molecule has 3 aromatic rings. The quantitative estimate of drug-likeness (QED) is 0.615. The number of ether oxygens (including phenoxy) is 1. The summed E-state index contributed by atoms with van der Waals surface area (Å²) in [6.07, 6.45) is 7.58. The fraction of sp³-hybridized carbons (Fsp3) is 0.476. The van der Waals surface area contributed by atoms with Gasteiger partial charge >= 0.3 is 0 Å². The smallest absolute Gasteiger partial charge is 0.259 e. The van der Waals surface area contributed by atoms with E-state index in [2.05, 4.69) is 20.2 Å². The van der Waals surface area contributed by atoms with Crippen LogP contribution in [0.5, 0.6) is 0 Å². The van der Waals surface area contributed by atoms with Crippen LogP contribution in [0.4, 0.5) is 0 Å². The lowest BCUT2D eigenvalue weighted by molar-refractivity contribution is 0.0566. The lowest BCUT2D eigenvalue weighted by atomic mass is 9.76. The molecule has 0 saturated carbocycles. The van der Waals surface area contributed by atoms with Gasteiger partial charge in [-0.3, -0.25) is 14.5 Å². The highest BCUT2D eigenvalue weighted by Gasteiger charge is 2.42. The Kier molecular flexibility index (Phi) is 5.63. The number of rotatable bonds is 6. The summed E-state index contributed by atoms with van der Waals surface area (Å²) in [5.74, 6) is 1.03. The van der Waals surface area contributed by atoms with Crippen LogP contribution in [-0.4, -0.2) is 62.5 Å². The molecular weight excluding hydrogens is 384 g/mol. The maximum Gasteiger partial charge on any atom is 0.259 e. The van der Waals surface area contributed by atoms with Crippen molar-refractivity contribution in [3.8, 4) is 11.5 Å². The zero-order chi connectivity index (χ0) is 21.1. The maximum atomic E-state index is 13.2. The van der Waals surface area contributed by atoms with E-state index in [9.17, 15) is 4.79 Å². The second-order valence-electron chi connectivity index (χ2n) is 7.82. The number of carbonyl (C=O) groups excluding carboxylic acids is 1. The second kappa shape index (κ2) is 8.35. The first-order chi connectivity index (χ1) is 14.5. The number of nitrogens with zero attached hydrogens (tertiary/aromatic N) is 6. The highest BCUT2D eigenvalue weighted by molar-refractivity contribution is 5.95. The molecule has 1 atom stereocenters. The van der Waals surface area contributed by atoms with E-state index in [4.69, 9.17) is 9.26 Å². The summed E-state index contributed by atoms with van der Waals surface area (Å²) in [7, 11) is 3.50. The van der Waals surface area contributed by atoms with Crippen molar-refractivity contribution in [1.82, 2.24) is 29.8 Å². The van der Waals surface area contributed by atoms with Crippen molar-refractivity contribution in [3.63, 3.8) is 0 Å². The van der Waals surface area contributed by atoms with E-state index in [0.717, 1.165) is 24.1 Å². The molecule has 1 aliphatic rings. The molecule has 1 fully saturated rings. The topological polar surface area (TPSA) is 99.2 Å². The van der Waals surface area contributed by atoms with Crippen LogP contribution >= 0.6 is 0 Å². The number of hydrogen-bond donors (Lipinski definition) is 0. The Morgan fingerprint density at radius 2 is 2.27 bits per heavy atom. The monoisotopic (exact) mass is 410 g/mol. The Hall–Kier alpha value is -3.07. The predicted octanol–water partition coefficient (Wildman–Crippen LogP) is 2.38. The van der Waals surface area contributed by atoms with Crippen LogP contribution < -0.4 is 0 Å².